The van der Waals surface area contributed by atoms with Crippen LogP contribution in [0.2, 0.25) is 0 Å². The second-order valence-corrected chi connectivity index (χ2v) is 4.77. The predicted molar refractivity (Wildman–Crippen MR) is 59.4 cm³/mol. The molecular weight excluding hydrogens is 320 g/mol. The van der Waals surface area contributed by atoms with Gasteiger partial charge in [0.05, 0.1) is 0 Å². The highest BCUT2D eigenvalue weighted by Gasteiger charge is 2.13. The lowest BCUT2D eigenvalue weighted by Gasteiger charge is -2.12. The van der Waals surface area contributed by atoms with E-state index in [2.05, 4.69) is 31.9 Å². The molecule has 0 spiro atoms. The maximum absolute atomic E-state index is 12.1. The highest BCUT2D eigenvalue weighted by Crippen LogP contribution is 2.25. The van der Waals surface area contributed by atoms with Crippen LogP contribution in [0.15, 0.2) is 27.1 Å². The normalized spacial score (nSPS) is 13.3. The molecule has 0 amide bonds. The van der Waals surface area contributed by atoms with Crippen LogP contribution >= 0.6 is 31.9 Å². The summed E-state index contributed by atoms with van der Waals surface area (Å²) in [5, 5.41) is 0. The van der Waals surface area contributed by atoms with Gasteiger partial charge in [0, 0.05) is 21.4 Å². The third kappa shape index (κ3) is 3.63. The van der Waals surface area contributed by atoms with E-state index in [4.69, 9.17) is 5.73 Å². The van der Waals surface area contributed by atoms with Crippen molar-refractivity contribution in [2.75, 3.05) is 0 Å². The molecule has 14 heavy (non-hydrogen) atoms. The van der Waals surface area contributed by atoms with E-state index in [0.29, 0.717) is 5.56 Å². The van der Waals surface area contributed by atoms with Crippen molar-refractivity contribution in [1.29, 1.82) is 0 Å². The zero-order valence-electron chi connectivity index (χ0n) is 7.18. The van der Waals surface area contributed by atoms with Gasteiger partial charge in [-0.05, 0) is 23.8 Å². The lowest BCUT2D eigenvalue weighted by Crippen LogP contribution is -2.13. The summed E-state index contributed by atoms with van der Waals surface area (Å²) >= 11 is 6.55. The molecule has 0 aliphatic rings. The molecule has 0 aliphatic heterocycles. The first-order valence-corrected chi connectivity index (χ1v) is 5.57. The smallest absolute Gasteiger partial charge is 0.240 e. The van der Waals surface area contributed by atoms with E-state index in [1.807, 2.05) is 6.07 Å². The van der Waals surface area contributed by atoms with Gasteiger partial charge in [0.1, 0.15) is 0 Å². The third-order valence-corrected chi connectivity index (χ3v) is 2.66. The Morgan fingerprint density at radius 3 is 2.07 bits per heavy atom. The number of benzene rings is 1. The molecule has 2 N–H and O–H groups in total. The van der Waals surface area contributed by atoms with E-state index in [1.165, 1.54) is 0 Å². The number of alkyl halides is 2. The Kier molecular flexibility index (Phi) is 4.47. The van der Waals surface area contributed by atoms with Gasteiger partial charge < -0.3 is 5.73 Å². The molecule has 78 valence electrons. The first-order valence-electron chi connectivity index (χ1n) is 3.98. The molecule has 0 unspecified atom stereocenters. The predicted octanol–water partition coefficient (Wildman–Crippen LogP) is 3.87. The highest BCUT2D eigenvalue weighted by molar-refractivity contribution is 9.11. The second-order valence-electron chi connectivity index (χ2n) is 2.94. The lowest BCUT2D eigenvalue weighted by atomic mass is 10.1. The number of rotatable bonds is 3. The zero-order chi connectivity index (χ0) is 10.7. The Labute approximate surface area is 97.9 Å². The molecule has 0 fully saturated rings. The average Bonchev–Trinajstić information content (AvgIpc) is 2.00. The summed E-state index contributed by atoms with van der Waals surface area (Å²) in [4.78, 5) is 0. The summed E-state index contributed by atoms with van der Waals surface area (Å²) in [5.41, 5.74) is 6.31. The van der Waals surface area contributed by atoms with E-state index >= 15 is 0 Å². The molecule has 0 aromatic heterocycles. The lowest BCUT2D eigenvalue weighted by molar-refractivity contribution is 0.128. The topological polar surface area (TPSA) is 26.0 Å². The summed E-state index contributed by atoms with van der Waals surface area (Å²) in [6.07, 6.45) is -2.69. The quantitative estimate of drug-likeness (QED) is 0.895. The number of nitrogens with two attached hydrogens (primary N) is 1. The van der Waals surface area contributed by atoms with E-state index in [-0.39, 0.29) is 6.42 Å². The third-order valence-electron chi connectivity index (χ3n) is 1.75. The van der Waals surface area contributed by atoms with Gasteiger partial charge in [-0.2, -0.15) is 0 Å². The van der Waals surface area contributed by atoms with Crippen LogP contribution in [-0.4, -0.2) is 6.43 Å². The minimum Gasteiger partial charge on any atom is -0.324 e. The van der Waals surface area contributed by atoms with Crippen molar-refractivity contribution in [3.8, 4) is 0 Å². The molecule has 1 aromatic carbocycles. The van der Waals surface area contributed by atoms with Crippen LogP contribution in [0.25, 0.3) is 0 Å². The zero-order valence-corrected chi connectivity index (χ0v) is 10.4. The summed E-state index contributed by atoms with van der Waals surface area (Å²) in [6.45, 7) is 0. The van der Waals surface area contributed by atoms with Crippen LogP contribution in [0.1, 0.15) is 18.0 Å². The van der Waals surface area contributed by atoms with Crippen LogP contribution in [0.5, 0.6) is 0 Å². The molecule has 1 rings (SSSR count). The Balaban J connectivity index is 2.84. The van der Waals surface area contributed by atoms with E-state index in [9.17, 15) is 8.78 Å². The Morgan fingerprint density at radius 1 is 1.14 bits per heavy atom. The van der Waals surface area contributed by atoms with Gasteiger partial charge in [0.2, 0.25) is 6.43 Å². The number of hydrogen-bond donors (Lipinski definition) is 1. The molecule has 0 radical (unpaired) electrons. The summed E-state index contributed by atoms with van der Waals surface area (Å²) in [5.74, 6) is 0. The van der Waals surface area contributed by atoms with E-state index in [0.717, 1.165) is 8.95 Å². The van der Waals surface area contributed by atoms with Gasteiger partial charge in [0.25, 0.3) is 0 Å². The van der Waals surface area contributed by atoms with Crippen molar-refractivity contribution >= 4 is 31.9 Å². The van der Waals surface area contributed by atoms with Crippen LogP contribution in [-0.2, 0) is 0 Å². The SMILES string of the molecule is N[C@@H](CC(F)F)c1cc(Br)cc(Br)c1. The fourth-order valence-electron chi connectivity index (χ4n) is 1.12. The van der Waals surface area contributed by atoms with Gasteiger partial charge in [-0.25, -0.2) is 8.78 Å². The van der Waals surface area contributed by atoms with Crippen molar-refractivity contribution in [1.82, 2.24) is 0 Å². The number of hydrogen-bond acceptors (Lipinski definition) is 1. The maximum atomic E-state index is 12.1. The first-order chi connectivity index (χ1) is 6.49. The molecule has 0 aliphatic carbocycles. The Morgan fingerprint density at radius 2 is 1.64 bits per heavy atom. The van der Waals surface area contributed by atoms with E-state index in [1.54, 1.807) is 12.1 Å². The van der Waals surface area contributed by atoms with Crippen LogP contribution in [0.3, 0.4) is 0 Å². The molecule has 5 heteroatoms. The molecule has 0 bridgehead atoms. The summed E-state index contributed by atoms with van der Waals surface area (Å²) in [6, 6.07) is 4.71. The highest BCUT2D eigenvalue weighted by atomic mass is 79.9. The first kappa shape index (κ1) is 12.1. The van der Waals surface area contributed by atoms with Crippen molar-refractivity contribution in [2.45, 2.75) is 18.9 Å². The van der Waals surface area contributed by atoms with Crippen molar-refractivity contribution in [3.05, 3.63) is 32.7 Å². The van der Waals surface area contributed by atoms with Gasteiger partial charge >= 0.3 is 0 Å². The second kappa shape index (κ2) is 5.19. The van der Waals surface area contributed by atoms with Gasteiger partial charge in [-0.15, -0.1) is 0 Å². The molecule has 1 atom stereocenters. The van der Waals surface area contributed by atoms with Crippen molar-refractivity contribution < 1.29 is 8.78 Å². The van der Waals surface area contributed by atoms with Crippen molar-refractivity contribution in [3.63, 3.8) is 0 Å². The molecule has 0 heterocycles. The average molecular weight is 329 g/mol. The molecule has 1 aromatic rings. The fraction of sp³-hybridized carbons (Fsp3) is 0.333. The summed E-state index contributed by atoms with van der Waals surface area (Å²) < 4.78 is 25.8. The molecular formula is C9H9Br2F2N. The molecule has 0 saturated carbocycles. The Hall–Kier alpha value is -0.000000000000000111. The van der Waals surface area contributed by atoms with E-state index < -0.39 is 12.5 Å². The van der Waals surface area contributed by atoms with Gasteiger partial charge in [-0.3, -0.25) is 0 Å². The minimum atomic E-state index is -2.37. The fourth-order valence-corrected chi connectivity index (χ4v) is 2.45. The van der Waals surface area contributed by atoms with Gasteiger partial charge in [-0.1, -0.05) is 31.9 Å². The van der Waals surface area contributed by atoms with Crippen LogP contribution < -0.4 is 5.73 Å². The molecule has 1 nitrogen and oxygen atoms in total. The molecule has 0 saturated heterocycles. The van der Waals surface area contributed by atoms with Gasteiger partial charge in [0.15, 0.2) is 0 Å². The largest absolute Gasteiger partial charge is 0.324 e. The summed E-state index contributed by atoms with van der Waals surface area (Å²) in [7, 11) is 0. The maximum Gasteiger partial charge on any atom is 0.240 e. The number of halogens is 4. The van der Waals surface area contributed by atoms with Crippen LogP contribution in [0.4, 0.5) is 8.78 Å². The minimum absolute atomic E-state index is 0.317. The standard InChI is InChI=1S/C9H9Br2F2N/c10-6-1-5(2-7(11)3-6)8(14)4-9(12)13/h1-3,8-9H,4,14H2/t8-/m0/s1. The monoisotopic (exact) mass is 327 g/mol. The van der Waals surface area contributed by atoms with Crippen LogP contribution in [0, 0.1) is 0 Å². The van der Waals surface area contributed by atoms with Crippen molar-refractivity contribution in [2.24, 2.45) is 5.73 Å². The Bertz CT molecular complexity index is 297.